The highest BCUT2D eigenvalue weighted by Crippen LogP contribution is 2.29. The molecule has 0 radical (unpaired) electrons. The van der Waals surface area contributed by atoms with Crippen LogP contribution in [0.5, 0.6) is 5.75 Å². The zero-order valence-corrected chi connectivity index (χ0v) is 18.9. The molecule has 170 valence electrons. The summed E-state index contributed by atoms with van der Waals surface area (Å²) >= 11 is 6.18. The second kappa shape index (κ2) is 10.3. The highest BCUT2D eigenvalue weighted by atomic mass is 35.5. The van der Waals surface area contributed by atoms with E-state index >= 15 is 0 Å². The Kier molecular flexibility index (Phi) is 7.29. The fourth-order valence-corrected chi connectivity index (χ4v) is 4.45. The first-order chi connectivity index (χ1) is 15.6. The molecule has 2 aliphatic rings. The molecule has 2 aliphatic heterocycles. The van der Waals surface area contributed by atoms with E-state index in [-0.39, 0.29) is 17.9 Å². The topological polar surface area (TPSA) is 71.1 Å². The molecule has 1 atom stereocenters. The molecule has 8 heteroatoms. The lowest BCUT2D eigenvalue weighted by Gasteiger charge is -2.35. The number of ether oxygens (including phenoxy) is 2. The van der Waals surface area contributed by atoms with Crippen molar-refractivity contribution in [2.24, 2.45) is 0 Å². The number of nitrogens with zero attached hydrogens (tertiary/aromatic N) is 2. The minimum atomic E-state index is -0.219. The highest BCUT2D eigenvalue weighted by Gasteiger charge is 2.28. The van der Waals surface area contributed by atoms with E-state index in [9.17, 15) is 9.59 Å². The van der Waals surface area contributed by atoms with E-state index in [4.69, 9.17) is 21.1 Å². The first-order valence-electron chi connectivity index (χ1n) is 10.9. The molecular formula is C24H28ClN3O4. The lowest BCUT2D eigenvalue weighted by Crippen LogP contribution is -2.44. The second-order valence-electron chi connectivity index (χ2n) is 7.96. The minimum absolute atomic E-state index is 0.00192. The van der Waals surface area contributed by atoms with Crippen molar-refractivity contribution in [3.05, 3.63) is 58.6 Å². The third-order valence-corrected chi connectivity index (χ3v) is 6.25. The van der Waals surface area contributed by atoms with Gasteiger partial charge in [0.15, 0.2) is 0 Å². The predicted molar refractivity (Wildman–Crippen MR) is 123 cm³/mol. The SMILES string of the molecule is COc1ccc(C(CNC(=O)c2ccc(Cl)cc2N2CCCC2=O)N2CCOCC2)cc1. The van der Waals surface area contributed by atoms with E-state index in [0.29, 0.717) is 49.0 Å². The Morgan fingerprint density at radius 3 is 2.56 bits per heavy atom. The molecule has 2 aromatic carbocycles. The number of carbonyl (C=O) groups is 2. The molecule has 2 heterocycles. The van der Waals surface area contributed by atoms with E-state index in [1.165, 1.54) is 0 Å². The molecule has 0 saturated carbocycles. The summed E-state index contributed by atoms with van der Waals surface area (Å²) in [5.41, 5.74) is 2.13. The van der Waals surface area contributed by atoms with Gasteiger partial charge < -0.3 is 19.7 Å². The fourth-order valence-electron chi connectivity index (χ4n) is 4.28. The van der Waals surface area contributed by atoms with Crippen LogP contribution in [-0.4, -0.2) is 63.2 Å². The van der Waals surface area contributed by atoms with Crippen molar-refractivity contribution in [3.63, 3.8) is 0 Å². The predicted octanol–water partition coefficient (Wildman–Crippen LogP) is 3.28. The second-order valence-corrected chi connectivity index (χ2v) is 8.39. The molecule has 2 saturated heterocycles. The third-order valence-electron chi connectivity index (χ3n) is 6.01. The van der Waals surface area contributed by atoms with Gasteiger partial charge >= 0.3 is 0 Å². The van der Waals surface area contributed by atoms with Crippen LogP contribution < -0.4 is 15.0 Å². The molecule has 0 bridgehead atoms. The van der Waals surface area contributed by atoms with E-state index in [0.717, 1.165) is 30.8 Å². The maximum Gasteiger partial charge on any atom is 0.253 e. The molecule has 2 aromatic rings. The molecule has 0 aliphatic carbocycles. The average Bonchev–Trinajstić information content (AvgIpc) is 3.25. The van der Waals surface area contributed by atoms with Gasteiger partial charge in [-0.15, -0.1) is 0 Å². The molecule has 2 amide bonds. The van der Waals surface area contributed by atoms with E-state index < -0.39 is 0 Å². The number of hydrogen-bond donors (Lipinski definition) is 1. The Balaban J connectivity index is 1.54. The van der Waals surface area contributed by atoms with Crippen molar-refractivity contribution in [2.75, 3.05) is 51.4 Å². The number of methoxy groups -OCH3 is 1. The first kappa shape index (κ1) is 22.6. The number of amides is 2. The number of rotatable bonds is 7. The Labute approximate surface area is 193 Å². The zero-order chi connectivity index (χ0) is 22.5. The van der Waals surface area contributed by atoms with Crippen LogP contribution in [0.2, 0.25) is 5.02 Å². The monoisotopic (exact) mass is 457 g/mol. The summed E-state index contributed by atoms with van der Waals surface area (Å²) in [6.45, 7) is 3.95. The van der Waals surface area contributed by atoms with Gasteiger partial charge in [-0.05, 0) is 42.3 Å². The third kappa shape index (κ3) is 5.06. The minimum Gasteiger partial charge on any atom is -0.497 e. The summed E-state index contributed by atoms with van der Waals surface area (Å²) in [6, 6.07) is 13.0. The van der Waals surface area contributed by atoms with Gasteiger partial charge in [-0.3, -0.25) is 14.5 Å². The lowest BCUT2D eigenvalue weighted by molar-refractivity contribution is -0.117. The summed E-state index contributed by atoms with van der Waals surface area (Å²) in [5.74, 6) is 0.591. The molecule has 7 nitrogen and oxygen atoms in total. The summed E-state index contributed by atoms with van der Waals surface area (Å²) in [4.78, 5) is 29.5. The smallest absolute Gasteiger partial charge is 0.253 e. The number of anilines is 1. The Morgan fingerprint density at radius 2 is 1.91 bits per heavy atom. The van der Waals surface area contributed by atoms with Gasteiger partial charge in [0.2, 0.25) is 5.91 Å². The van der Waals surface area contributed by atoms with E-state index in [1.807, 2.05) is 24.3 Å². The fraction of sp³-hybridized carbons (Fsp3) is 0.417. The van der Waals surface area contributed by atoms with Crippen LogP contribution in [0.1, 0.15) is 34.8 Å². The van der Waals surface area contributed by atoms with Crippen molar-refractivity contribution in [1.82, 2.24) is 10.2 Å². The maximum absolute atomic E-state index is 13.2. The Hall–Kier alpha value is -2.61. The van der Waals surface area contributed by atoms with Gasteiger partial charge in [0.05, 0.1) is 37.6 Å². The zero-order valence-electron chi connectivity index (χ0n) is 18.2. The normalized spacial score (nSPS) is 17.9. The van der Waals surface area contributed by atoms with Crippen molar-refractivity contribution >= 4 is 29.1 Å². The van der Waals surface area contributed by atoms with Crippen LogP contribution in [0.15, 0.2) is 42.5 Å². The number of carbonyl (C=O) groups excluding carboxylic acids is 2. The average molecular weight is 458 g/mol. The molecule has 32 heavy (non-hydrogen) atoms. The van der Waals surface area contributed by atoms with Crippen LogP contribution in [-0.2, 0) is 9.53 Å². The van der Waals surface area contributed by atoms with Gasteiger partial charge in [-0.2, -0.15) is 0 Å². The lowest BCUT2D eigenvalue weighted by atomic mass is 10.0. The van der Waals surface area contributed by atoms with Crippen LogP contribution in [0, 0.1) is 0 Å². The van der Waals surface area contributed by atoms with Crippen molar-refractivity contribution in [1.29, 1.82) is 0 Å². The molecule has 0 spiro atoms. The number of nitrogens with one attached hydrogen (secondary N) is 1. The van der Waals surface area contributed by atoms with Crippen molar-refractivity contribution in [3.8, 4) is 5.75 Å². The van der Waals surface area contributed by atoms with Gasteiger partial charge in [0.1, 0.15) is 5.75 Å². The molecule has 1 N–H and O–H groups in total. The van der Waals surface area contributed by atoms with Crippen LogP contribution in [0.3, 0.4) is 0 Å². The van der Waals surface area contributed by atoms with Crippen LogP contribution in [0.4, 0.5) is 5.69 Å². The summed E-state index contributed by atoms with van der Waals surface area (Å²) < 4.78 is 10.8. The number of hydrogen-bond acceptors (Lipinski definition) is 5. The van der Waals surface area contributed by atoms with Gasteiger partial charge in [0.25, 0.3) is 5.91 Å². The molecular weight excluding hydrogens is 430 g/mol. The Bertz CT molecular complexity index is 960. The first-order valence-corrected chi connectivity index (χ1v) is 11.3. The molecule has 2 fully saturated rings. The van der Waals surface area contributed by atoms with E-state index in [2.05, 4.69) is 10.2 Å². The van der Waals surface area contributed by atoms with E-state index in [1.54, 1.807) is 30.2 Å². The summed E-state index contributed by atoms with van der Waals surface area (Å²) in [7, 11) is 1.64. The van der Waals surface area contributed by atoms with Crippen LogP contribution in [0.25, 0.3) is 0 Å². The summed E-state index contributed by atoms with van der Waals surface area (Å²) in [6.07, 6.45) is 1.27. The van der Waals surface area contributed by atoms with Gasteiger partial charge in [0, 0.05) is 37.6 Å². The Morgan fingerprint density at radius 1 is 1.16 bits per heavy atom. The molecule has 0 aromatic heterocycles. The number of halogens is 1. The number of benzene rings is 2. The quantitative estimate of drug-likeness (QED) is 0.691. The number of morpholine rings is 1. The highest BCUT2D eigenvalue weighted by molar-refractivity contribution is 6.31. The standard InChI is InChI=1S/C24H28ClN3O4/c1-31-19-7-4-17(5-8-19)22(27-11-13-32-14-12-27)16-26-24(30)20-9-6-18(25)15-21(20)28-10-2-3-23(28)29/h4-9,15,22H,2-3,10-14,16H2,1H3,(H,26,30). The van der Waals surface area contributed by atoms with Gasteiger partial charge in [-0.1, -0.05) is 23.7 Å². The van der Waals surface area contributed by atoms with Crippen LogP contribution >= 0.6 is 11.6 Å². The van der Waals surface area contributed by atoms with Crippen molar-refractivity contribution < 1.29 is 19.1 Å². The summed E-state index contributed by atoms with van der Waals surface area (Å²) in [5, 5.41) is 3.59. The largest absolute Gasteiger partial charge is 0.497 e. The maximum atomic E-state index is 13.2. The molecule has 4 rings (SSSR count). The molecule has 1 unspecified atom stereocenters. The van der Waals surface area contributed by atoms with Gasteiger partial charge in [-0.25, -0.2) is 0 Å². The van der Waals surface area contributed by atoms with Crippen molar-refractivity contribution in [2.45, 2.75) is 18.9 Å².